The summed E-state index contributed by atoms with van der Waals surface area (Å²) in [7, 11) is 0. The molecule has 2 aromatic rings. The Labute approximate surface area is 98.4 Å². The molecule has 1 aromatic heterocycles. The zero-order chi connectivity index (χ0) is 11.5. The van der Waals surface area contributed by atoms with Crippen molar-refractivity contribution < 1.29 is 4.74 Å². The molecule has 1 heterocycles. The highest BCUT2D eigenvalue weighted by Gasteiger charge is 2.05. The summed E-state index contributed by atoms with van der Waals surface area (Å²) in [5.74, 6) is 3.12. The summed E-state index contributed by atoms with van der Waals surface area (Å²) in [6.07, 6.45) is 5.12. The van der Waals surface area contributed by atoms with Gasteiger partial charge >= 0.3 is 0 Å². The summed E-state index contributed by atoms with van der Waals surface area (Å²) in [5.41, 5.74) is 0.811. The first-order chi connectivity index (χ1) is 7.72. The summed E-state index contributed by atoms with van der Waals surface area (Å²) in [6, 6.07) is 5.53. The van der Waals surface area contributed by atoms with Crippen molar-refractivity contribution in [1.82, 2.24) is 10.2 Å². The molecule has 3 nitrogen and oxygen atoms in total. The molecule has 0 fully saturated rings. The summed E-state index contributed by atoms with van der Waals surface area (Å²) in [6.45, 7) is 2.12. The van der Waals surface area contributed by atoms with E-state index in [0.29, 0.717) is 10.9 Å². The molecule has 0 aliphatic heterocycles. The van der Waals surface area contributed by atoms with Crippen LogP contribution in [0.1, 0.15) is 5.69 Å². The maximum atomic E-state index is 5.94. The minimum absolute atomic E-state index is 0.247. The molecule has 0 saturated heterocycles. The van der Waals surface area contributed by atoms with Gasteiger partial charge in [0.25, 0.3) is 0 Å². The van der Waals surface area contributed by atoms with Crippen molar-refractivity contribution in [3.63, 3.8) is 0 Å². The number of ether oxygens (including phenoxy) is 1. The molecule has 0 atom stereocenters. The molecule has 80 valence electrons. The summed E-state index contributed by atoms with van der Waals surface area (Å²) < 4.78 is 5.33. The minimum Gasteiger partial charge on any atom is -0.481 e. The lowest BCUT2D eigenvalue weighted by Gasteiger charge is -2.06. The highest BCUT2D eigenvalue weighted by Crippen LogP contribution is 2.26. The minimum atomic E-state index is 0.247. The Morgan fingerprint density at radius 2 is 2.19 bits per heavy atom. The van der Waals surface area contributed by atoms with Gasteiger partial charge in [0.05, 0.1) is 5.69 Å². The molecule has 0 aliphatic rings. The zero-order valence-corrected chi connectivity index (χ0v) is 9.45. The van der Waals surface area contributed by atoms with Gasteiger partial charge in [-0.15, -0.1) is 11.5 Å². The van der Waals surface area contributed by atoms with Gasteiger partial charge in [0.2, 0.25) is 0 Å². The fourth-order valence-electron chi connectivity index (χ4n) is 1.44. The quantitative estimate of drug-likeness (QED) is 0.747. The van der Waals surface area contributed by atoms with Crippen LogP contribution in [0.3, 0.4) is 0 Å². The van der Waals surface area contributed by atoms with Crippen LogP contribution >= 0.6 is 11.6 Å². The lowest BCUT2D eigenvalue weighted by molar-refractivity contribution is 0.371. The number of nitrogens with zero attached hydrogens (tertiary/aromatic N) is 2. The number of fused-ring (bicyclic) bond motifs is 1. The summed E-state index contributed by atoms with van der Waals surface area (Å²) in [5, 5.41) is 9.97. The Kier molecular flexibility index (Phi) is 2.93. The monoisotopic (exact) mass is 232 g/mol. The van der Waals surface area contributed by atoms with E-state index in [9.17, 15) is 0 Å². The number of halogens is 1. The van der Waals surface area contributed by atoms with Crippen molar-refractivity contribution >= 4 is 22.4 Å². The van der Waals surface area contributed by atoms with E-state index in [0.717, 1.165) is 16.5 Å². The molecule has 16 heavy (non-hydrogen) atoms. The van der Waals surface area contributed by atoms with Crippen molar-refractivity contribution in [1.29, 1.82) is 0 Å². The van der Waals surface area contributed by atoms with E-state index in [1.807, 2.05) is 25.1 Å². The Balaban J connectivity index is 2.53. The second-order valence-corrected chi connectivity index (χ2v) is 3.63. The van der Waals surface area contributed by atoms with Crippen LogP contribution in [-0.2, 0) is 0 Å². The van der Waals surface area contributed by atoms with Gasteiger partial charge in [-0.25, -0.2) is 0 Å². The lowest BCUT2D eigenvalue weighted by Crippen LogP contribution is -1.95. The molecule has 0 bridgehead atoms. The number of aryl methyl sites for hydroxylation is 1. The first-order valence-corrected chi connectivity index (χ1v) is 5.09. The molecule has 2 rings (SSSR count). The van der Waals surface area contributed by atoms with Crippen LogP contribution in [0.25, 0.3) is 10.8 Å². The van der Waals surface area contributed by atoms with E-state index < -0.39 is 0 Å². The first-order valence-electron chi connectivity index (χ1n) is 4.71. The van der Waals surface area contributed by atoms with Gasteiger partial charge in [-0.3, -0.25) is 0 Å². The van der Waals surface area contributed by atoms with Crippen molar-refractivity contribution in [3.05, 3.63) is 29.0 Å². The number of terminal acetylenes is 1. The van der Waals surface area contributed by atoms with Crippen LogP contribution in [0.5, 0.6) is 5.75 Å². The molecule has 0 unspecified atom stereocenters. The Morgan fingerprint density at radius 3 is 2.94 bits per heavy atom. The highest BCUT2D eigenvalue weighted by molar-refractivity contribution is 6.34. The van der Waals surface area contributed by atoms with Crippen LogP contribution in [0.4, 0.5) is 0 Å². The first kappa shape index (κ1) is 10.7. The second-order valence-electron chi connectivity index (χ2n) is 3.28. The van der Waals surface area contributed by atoms with Gasteiger partial charge in [-0.05, 0) is 25.1 Å². The summed E-state index contributed by atoms with van der Waals surface area (Å²) in [4.78, 5) is 0. The van der Waals surface area contributed by atoms with Gasteiger partial charge in [-0.1, -0.05) is 17.5 Å². The van der Waals surface area contributed by atoms with Gasteiger partial charge in [0.1, 0.15) is 12.4 Å². The van der Waals surface area contributed by atoms with E-state index in [1.165, 1.54) is 0 Å². The average molecular weight is 233 g/mol. The number of benzene rings is 1. The maximum absolute atomic E-state index is 5.94. The highest BCUT2D eigenvalue weighted by atomic mass is 35.5. The maximum Gasteiger partial charge on any atom is 0.159 e. The van der Waals surface area contributed by atoms with E-state index in [1.54, 1.807) is 0 Å². The fourth-order valence-corrected chi connectivity index (χ4v) is 1.65. The van der Waals surface area contributed by atoms with Crippen molar-refractivity contribution in [2.24, 2.45) is 0 Å². The lowest BCUT2D eigenvalue weighted by atomic mass is 10.1. The second kappa shape index (κ2) is 4.38. The molecule has 0 N–H and O–H groups in total. The Hall–Kier alpha value is -1.79. The predicted octanol–water partition coefficient (Wildman–Crippen LogP) is 2.60. The molecule has 0 spiro atoms. The van der Waals surface area contributed by atoms with Gasteiger partial charge in [0, 0.05) is 10.8 Å². The standard InChI is InChI=1S/C12H9ClN2O/c1-3-6-16-9-4-5-10-11(7-9)8(2)14-15-12(10)13/h1,4-5,7H,6H2,2H3. The number of aromatic nitrogens is 2. The molecule has 0 saturated carbocycles. The number of rotatable bonds is 2. The molecule has 4 heteroatoms. The Morgan fingerprint density at radius 1 is 1.38 bits per heavy atom. The molecule has 0 radical (unpaired) electrons. The van der Waals surface area contributed by atoms with E-state index in [4.69, 9.17) is 22.8 Å². The van der Waals surface area contributed by atoms with Crippen molar-refractivity contribution in [3.8, 4) is 18.1 Å². The smallest absolute Gasteiger partial charge is 0.159 e. The van der Waals surface area contributed by atoms with Crippen molar-refractivity contribution in [2.45, 2.75) is 6.92 Å². The van der Waals surface area contributed by atoms with E-state index in [2.05, 4.69) is 16.1 Å². The van der Waals surface area contributed by atoms with Crippen molar-refractivity contribution in [2.75, 3.05) is 6.61 Å². The van der Waals surface area contributed by atoms with Crippen LogP contribution in [-0.4, -0.2) is 16.8 Å². The average Bonchev–Trinajstić information content (AvgIpc) is 2.31. The Bertz CT molecular complexity index is 575. The SMILES string of the molecule is C#CCOc1ccc2c(Cl)nnc(C)c2c1. The molecule has 1 aromatic carbocycles. The molecule has 0 amide bonds. The summed E-state index contributed by atoms with van der Waals surface area (Å²) >= 11 is 5.94. The third kappa shape index (κ3) is 1.93. The zero-order valence-electron chi connectivity index (χ0n) is 8.70. The largest absolute Gasteiger partial charge is 0.481 e. The third-order valence-electron chi connectivity index (χ3n) is 2.21. The molecular formula is C12H9ClN2O. The molecular weight excluding hydrogens is 224 g/mol. The molecule has 0 aliphatic carbocycles. The van der Waals surface area contributed by atoms with Crippen LogP contribution in [0, 0.1) is 19.3 Å². The number of hydrogen-bond donors (Lipinski definition) is 0. The third-order valence-corrected chi connectivity index (χ3v) is 2.49. The topological polar surface area (TPSA) is 35.0 Å². The van der Waals surface area contributed by atoms with Gasteiger partial charge in [-0.2, -0.15) is 5.10 Å². The van der Waals surface area contributed by atoms with E-state index in [-0.39, 0.29) is 6.61 Å². The van der Waals surface area contributed by atoms with E-state index >= 15 is 0 Å². The normalized spacial score (nSPS) is 10.1. The van der Waals surface area contributed by atoms with Crippen LogP contribution < -0.4 is 4.74 Å². The van der Waals surface area contributed by atoms with Gasteiger partial charge in [0.15, 0.2) is 5.15 Å². The van der Waals surface area contributed by atoms with Crippen LogP contribution in [0.15, 0.2) is 18.2 Å². The van der Waals surface area contributed by atoms with Crippen LogP contribution in [0.2, 0.25) is 5.15 Å². The fraction of sp³-hybridized carbons (Fsp3) is 0.167. The predicted molar refractivity (Wildman–Crippen MR) is 63.6 cm³/mol. The van der Waals surface area contributed by atoms with Gasteiger partial charge < -0.3 is 4.74 Å². The number of hydrogen-bond acceptors (Lipinski definition) is 3.